The highest BCUT2D eigenvalue weighted by molar-refractivity contribution is 6.29. The maximum absolute atomic E-state index is 11.6. The Kier molecular flexibility index (Phi) is 4.70. The lowest BCUT2D eigenvalue weighted by atomic mass is 9.72. The first-order valence-corrected chi connectivity index (χ1v) is 9.33. The van der Waals surface area contributed by atoms with Crippen LogP contribution in [0.25, 0.3) is 11.3 Å². The number of carbonyl (C=O) groups is 1. The van der Waals surface area contributed by atoms with Crippen molar-refractivity contribution in [3.05, 3.63) is 54.0 Å². The Hall–Kier alpha value is -2.67. The van der Waals surface area contributed by atoms with Gasteiger partial charge < -0.3 is 9.30 Å². The second-order valence-electron chi connectivity index (χ2n) is 6.65. The predicted octanol–water partition coefficient (Wildman–Crippen LogP) is 3.29. The zero-order valence-corrected chi connectivity index (χ0v) is 15.8. The second kappa shape index (κ2) is 7.15. The summed E-state index contributed by atoms with van der Waals surface area (Å²) >= 11 is 5.94. The van der Waals surface area contributed by atoms with Crippen molar-refractivity contribution in [1.82, 2.24) is 24.3 Å². The molecule has 0 unspecified atom stereocenters. The van der Waals surface area contributed by atoms with Gasteiger partial charge in [-0.1, -0.05) is 17.7 Å². The largest absolute Gasteiger partial charge is 0.465 e. The van der Waals surface area contributed by atoms with Crippen molar-refractivity contribution in [2.75, 3.05) is 6.61 Å². The molecule has 0 radical (unpaired) electrons. The molecule has 27 heavy (non-hydrogen) atoms. The lowest BCUT2D eigenvalue weighted by molar-refractivity contribution is -0.144. The van der Waals surface area contributed by atoms with E-state index >= 15 is 0 Å². The van der Waals surface area contributed by atoms with Crippen LogP contribution in [0.1, 0.15) is 31.7 Å². The fourth-order valence-electron chi connectivity index (χ4n) is 3.49. The van der Waals surface area contributed by atoms with Crippen molar-refractivity contribution >= 4 is 17.6 Å². The molecular weight excluding hydrogens is 366 g/mol. The molecule has 0 atom stereocenters. The van der Waals surface area contributed by atoms with E-state index in [2.05, 4.69) is 19.6 Å². The molecular formula is C19H20ClN5O2. The van der Waals surface area contributed by atoms with E-state index in [1.54, 1.807) is 24.0 Å². The maximum Gasteiger partial charge on any atom is 0.327 e. The molecule has 140 valence electrons. The van der Waals surface area contributed by atoms with Gasteiger partial charge in [-0.25, -0.2) is 9.97 Å². The van der Waals surface area contributed by atoms with Gasteiger partial charge in [0.2, 0.25) is 0 Å². The van der Waals surface area contributed by atoms with E-state index in [0.29, 0.717) is 11.8 Å². The number of aromatic nitrogens is 5. The van der Waals surface area contributed by atoms with Crippen molar-refractivity contribution in [2.45, 2.75) is 38.3 Å². The molecule has 1 aliphatic carbocycles. The SMILES string of the molecule is CCOC(=O)Cn1cc(-c2cn(C3(c4ccc(Cl)nc4)CCC3)cn2)cn1. The monoisotopic (exact) mass is 385 g/mol. The van der Waals surface area contributed by atoms with E-state index in [9.17, 15) is 4.79 Å². The van der Waals surface area contributed by atoms with Crippen molar-refractivity contribution in [2.24, 2.45) is 0 Å². The standard InChI is InChI=1S/C19H20ClN5O2/c1-2-27-18(26)12-25-10-14(8-23-25)16-11-24(13-22-16)19(6-3-7-19)15-4-5-17(20)21-9-15/h4-5,8-11,13H,2-3,6-7,12H2,1H3. The molecule has 0 bridgehead atoms. The number of imidazole rings is 1. The van der Waals surface area contributed by atoms with E-state index in [4.69, 9.17) is 16.3 Å². The van der Waals surface area contributed by atoms with Gasteiger partial charge in [0.25, 0.3) is 0 Å². The van der Waals surface area contributed by atoms with Gasteiger partial charge in [0.05, 0.1) is 30.4 Å². The number of pyridine rings is 1. The summed E-state index contributed by atoms with van der Waals surface area (Å²) in [5.41, 5.74) is 2.70. The summed E-state index contributed by atoms with van der Waals surface area (Å²) in [6.45, 7) is 2.24. The number of esters is 1. The summed E-state index contributed by atoms with van der Waals surface area (Å²) in [6.07, 6.45) is 12.5. The topological polar surface area (TPSA) is 74.8 Å². The molecule has 0 spiro atoms. The summed E-state index contributed by atoms with van der Waals surface area (Å²) in [6, 6.07) is 3.86. The van der Waals surface area contributed by atoms with Crippen LogP contribution < -0.4 is 0 Å². The molecule has 4 rings (SSSR count). The lowest BCUT2D eigenvalue weighted by Gasteiger charge is -2.43. The van der Waals surface area contributed by atoms with Crippen molar-refractivity contribution in [1.29, 1.82) is 0 Å². The van der Waals surface area contributed by atoms with Crippen LogP contribution in [0.2, 0.25) is 5.15 Å². The fourth-order valence-corrected chi connectivity index (χ4v) is 3.60. The highest BCUT2D eigenvalue weighted by Gasteiger charge is 2.40. The number of carbonyl (C=O) groups excluding carboxylic acids is 1. The van der Waals surface area contributed by atoms with Crippen LogP contribution in [0.5, 0.6) is 0 Å². The number of hydrogen-bond acceptors (Lipinski definition) is 5. The number of ether oxygens (including phenoxy) is 1. The Morgan fingerprint density at radius 1 is 1.26 bits per heavy atom. The number of halogens is 1. The molecule has 3 aromatic rings. The maximum atomic E-state index is 11.6. The zero-order valence-electron chi connectivity index (χ0n) is 15.0. The van der Waals surface area contributed by atoms with Gasteiger partial charge in [0, 0.05) is 24.2 Å². The van der Waals surface area contributed by atoms with Gasteiger partial charge in [0.15, 0.2) is 0 Å². The summed E-state index contributed by atoms with van der Waals surface area (Å²) in [5, 5.41) is 4.72. The van der Waals surface area contributed by atoms with E-state index < -0.39 is 0 Å². The Balaban J connectivity index is 1.57. The summed E-state index contributed by atoms with van der Waals surface area (Å²) in [5.74, 6) is -0.304. The molecule has 1 aliphatic rings. The first-order valence-electron chi connectivity index (χ1n) is 8.96. The molecule has 0 amide bonds. The minimum atomic E-state index is -0.304. The first kappa shape index (κ1) is 17.7. The quantitative estimate of drug-likeness (QED) is 0.480. The highest BCUT2D eigenvalue weighted by Crippen LogP contribution is 2.45. The highest BCUT2D eigenvalue weighted by atomic mass is 35.5. The van der Waals surface area contributed by atoms with Crippen molar-refractivity contribution in [3.8, 4) is 11.3 Å². The molecule has 0 aliphatic heterocycles. The van der Waals surface area contributed by atoms with Gasteiger partial charge in [0.1, 0.15) is 11.7 Å². The molecule has 0 saturated heterocycles. The van der Waals surface area contributed by atoms with E-state index in [-0.39, 0.29) is 18.1 Å². The van der Waals surface area contributed by atoms with Crippen LogP contribution >= 0.6 is 11.6 Å². The van der Waals surface area contributed by atoms with Crippen LogP contribution in [0.15, 0.2) is 43.2 Å². The smallest absolute Gasteiger partial charge is 0.327 e. The lowest BCUT2D eigenvalue weighted by Crippen LogP contribution is -2.41. The molecule has 0 aromatic carbocycles. The fraction of sp³-hybridized carbons (Fsp3) is 0.368. The number of hydrogen-bond donors (Lipinski definition) is 0. The van der Waals surface area contributed by atoms with Gasteiger partial charge in [-0.15, -0.1) is 0 Å². The molecule has 3 heterocycles. The molecule has 7 nitrogen and oxygen atoms in total. The van der Waals surface area contributed by atoms with Gasteiger partial charge in [-0.3, -0.25) is 9.48 Å². The van der Waals surface area contributed by atoms with Gasteiger partial charge in [-0.2, -0.15) is 5.10 Å². The molecule has 3 aromatic heterocycles. The normalized spacial score (nSPS) is 15.3. The van der Waals surface area contributed by atoms with Crippen molar-refractivity contribution < 1.29 is 9.53 Å². The third-order valence-electron chi connectivity index (χ3n) is 5.05. The summed E-state index contributed by atoms with van der Waals surface area (Å²) in [7, 11) is 0. The Labute approximate surface area is 162 Å². The van der Waals surface area contributed by atoms with Crippen molar-refractivity contribution in [3.63, 3.8) is 0 Å². The molecule has 1 saturated carbocycles. The number of nitrogens with zero attached hydrogens (tertiary/aromatic N) is 5. The minimum absolute atomic E-state index is 0.0922. The van der Waals surface area contributed by atoms with Crippen LogP contribution in [-0.2, 0) is 21.6 Å². The van der Waals surface area contributed by atoms with Crippen LogP contribution in [0.3, 0.4) is 0 Å². The Morgan fingerprint density at radius 3 is 2.78 bits per heavy atom. The predicted molar refractivity (Wildman–Crippen MR) is 100 cm³/mol. The number of rotatable bonds is 6. The average molecular weight is 386 g/mol. The summed E-state index contributed by atoms with van der Waals surface area (Å²) < 4.78 is 8.67. The van der Waals surface area contributed by atoms with E-state index in [1.165, 1.54) is 0 Å². The average Bonchev–Trinajstić information content (AvgIpc) is 3.25. The van der Waals surface area contributed by atoms with Crippen LogP contribution in [0, 0.1) is 0 Å². The molecule has 1 fully saturated rings. The van der Waals surface area contributed by atoms with Crippen LogP contribution in [-0.4, -0.2) is 36.9 Å². The van der Waals surface area contributed by atoms with Gasteiger partial charge >= 0.3 is 5.97 Å². The molecule has 0 N–H and O–H groups in total. The minimum Gasteiger partial charge on any atom is -0.465 e. The third-order valence-corrected chi connectivity index (χ3v) is 5.27. The first-order chi connectivity index (χ1) is 13.1. The second-order valence-corrected chi connectivity index (χ2v) is 7.04. The van der Waals surface area contributed by atoms with Gasteiger partial charge in [-0.05, 0) is 37.8 Å². The third kappa shape index (κ3) is 3.35. The Morgan fingerprint density at radius 2 is 2.11 bits per heavy atom. The van der Waals surface area contributed by atoms with E-state index in [0.717, 1.165) is 36.1 Å². The van der Waals surface area contributed by atoms with Crippen LogP contribution in [0.4, 0.5) is 0 Å². The van der Waals surface area contributed by atoms with E-state index in [1.807, 2.05) is 30.9 Å². The zero-order chi connectivity index (χ0) is 18.9. The Bertz CT molecular complexity index is 943. The summed E-state index contributed by atoms with van der Waals surface area (Å²) in [4.78, 5) is 20.4. The molecule has 8 heteroatoms.